The van der Waals surface area contributed by atoms with Gasteiger partial charge in [-0.2, -0.15) is 0 Å². The Hall–Kier alpha value is -2.55. The molecule has 0 aliphatic heterocycles. The van der Waals surface area contributed by atoms with Crippen molar-refractivity contribution in [3.63, 3.8) is 0 Å². The van der Waals surface area contributed by atoms with Crippen LogP contribution in [-0.2, 0) is 0 Å². The zero-order chi connectivity index (χ0) is 11.9. The van der Waals surface area contributed by atoms with E-state index in [2.05, 4.69) is 51.4 Å². The number of hydrogen-bond donors (Lipinski definition) is 2. The molecule has 0 bridgehead atoms. The number of hydrogen-bond acceptors (Lipinski definition) is 1. The third kappa shape index (κ3) is 1.21. The molecule has 0 spiro atoms. The first-order valence-corrected chi connectivity index (χ1v) is 5.93. The fourth-order valence-electron chi connectivity index (χ4n) is 2.51. The van der Waals surface area contributed by atoms with Gasteiger partial charge in [0.25, 0.3) is 0 Å². The standard InChI is InChI=1S/C15H11N3/c1-2-6-12-10(4-1)14-11(15-16-8-9-17-15)5-3-7-13(14)18-12/h1-9,18H,(H,16,17). The Labute approximate surface area is 103 Å². The first kappa shape index (κ1) is 9.48. The minimum absolute atomic E-state index is 0.908. The summed E-state index contributed by atoms with van der Waals surface area (Å²) in [5.41, 5.74) is 3.44. The van der Waals surface area contributed by atoms with E-state index in [1.54, 1.807) is 6.20 Å². The van der Waals surface area contributed by atoms with Gasteiger partial charge in [0.2, 0.25) is 0 Å². The van der Waals surface area contributed by atoms with Crippen molar-refractivity contribution >= 4 is 21.8 Å². The SMILES string of the molecule is c1ccc2c(c1)[nH]c1cccc(-c3ncc[nH]3)c12. The Morgan fingerprint density at radius 1 is 0.889 bits per heavy atom. The lowest BCUT2D eigenvalue weighted by Gasteiger charge is -2.00. The molecule has 3 nitrogen and oxygen atoms in total. The molecular formula is C15H11N3. The number of benzene rings is 2. The lowest BCUT2D eigenvalue weighted by molar-refractivity contribution is 1.32. The Morgan fingerprint density at radius 2 is 1.78 bits per heavy atom. The minimum atomic E-state index is 0.908. The maximum atomic E-state index is 4.35. The van der Waals surface area contributed by atoms with Crippen LogP contribution in [0.15, 0.2) is 54.9 Å². The van der Waals surface area contributed by atoms with Crippen LogP contribution in [0.3, 0.4) is 0 Å². The highest BCUT2D eigenvalue weighted by Crippen LogP contribution is 2.32. The van der Waals surface area contributed by atoms with Crippen molar-refractivity contribution in [2.75, 3.05) is 0 Å². The summed E-state index contributed by atoms with van der Waals surface area (Å²) < 4.78 is 0. The maximum Gasteiger partial charge on any atom is 0.137 e. The highest BCUT2D eigenvalue weighted by Gasteiger charge is 2.10. The van der Waals surface area contributed by atoms with E-state index in [-0.39, 0.29) is 0 Å². The van der Waals surface area contributed by atoms with Crippen LogP contribution in [0.4, 0.5) is 0 Å². The third-order valence-electron chi connectivity index (χ3n) is 3.28. The molecule has 4 aromatic rings. The van der Waals surface area contributed by atoms with Gasteiger partial charge in [-0.15, -0.1) is 0 Å². The number of H-pyrrole nitrogens is 2. The number of imidazole rings is 1. The Balaban J connectivity index is 2.21. The van der Waals surface area contributed by atoms with Crippen LogP contribution in [0.25, 0.3) is 33.2 Å². The first-order valence-electron chi connectivity index (χ1n) is 5.93. The maximum absolute atomic E-state index is 4.35. The van der Waals surface area contributed by atoms with Gasteiger partial charge >= 0.3 is 0 Å². The van der Waals surface area contributed by atoms with Gasteiger partial charge in [0, 0.05) is 39.8 Å². The zero-order valence-electron chi connectivity index (χ0n) is 9.64. The van der Waals surface area contributed by atoms with E-state index in [9.17, 15) is 0 Å². The van der Waals surface area contributed by atoms with Crippen molar-refractivity contribution in [2.45, 2.75) is 0 Å². The molecule has 86 valence electrons. The molecule has 18 heavy (non-hydrogen) atoms. The van der Waals surface area contributed by atoms with Gasteiger partial charge in [-0.25, -0.2) is 4.98 Å². The third-order valence-corrected chi connectivity index (χ3v) is 3.28. The van der Waals surface area contributed by atoms with Crippen LogP contribution < -0.4 is 0 Å². The quantitative estimate of drug-likeness (QED) is 0.517. The molecule has 2 aromatic carbocycles. The largest absolute Gasteiger partial charge is 0.354 e. The van der Waals surface area contributed by atoms with E-state index >= 15 is 0 Å². The predicted molar refractivity (Wildman–Crippen MR) is 73.4 cm³/mol. The average molecular weight is 233 g/mol. The van der Waals surface area contributed by atoms with Crippen LogP contribution in [-0.4, -0.2) is 15.0 Å². The summed E-state index contributed by atoms with van der Waals surface area (Å²) in [5, 5.41) is 2.46. The van der Waals surface area contributed by atoms with Crippen molar-refractivity contribution in [2.24, 2.45) is 0 Å². The van der Waals surface area contributed by atoms with Gasteiger partial charge in [0.1, 0.15) is 5.82 Å². The van der Waals surface area contributed by atoms with Gasteiger partial charge in [-0.05, 0) is 12.1 Å². The second kappa shape index (κ2) is 3.47. The number of nitrogens with one attached hydrogen (secondary N) is 2. The summed E-state index contributed by atoms with van der Waals surface area (Å²) in [7, 11) is 0. The summed E-state index contributed by atoms with van der Waals surface area (Å²) in [6, 6.07) is 14.6. The molecule has 2 N–H and O–H groups in total. The van der Waals surface area contributed by atoms with Crippen molar-refractivity contribution in [3.8, 4) is 11.4 Å². The van der Waals surface area contributed by atoms with Crippen molar-refractivity contribution < 1.29 is 0 Å². The monoisotopic (exact) mass is 233 g/mol. The van der Waals surface area contributed by atoms with E-state index in [0.29, 0.717) is 0 Å². The van der Waals surface area contributed by atoms with Gasteiger partial charge in [0.15, 0.2) is 0 Å². The molecule has 0 radical (unpaired) electrons. The number of nitrogens with zero attached hydrogens (tertiary/aromatic N) is 1. The average Bonchev–Trinajstić information content (AvgIpc) is 3.05. The Bertz CT molecular complexity index is 825. The van der Waals surface area contributed by atoms with Crippen LogP contribution in [0.5, 0.6) is 0 Å². The number of rotatable bonds is 1. The fourth-order valence-corrected chi connectivity index (χ4v) is 2.51. The molecule has 0 aliphatic rings. The summed E-state index contributed by atoms with van der Waals surface area (Å²) in [6.45, 7) is 0. The summed E-state index contributed by atoms with van der Waals surface area (Å²) in [6.07, 6.45) is 3.63. The molecule has 0 fully saturated rings. The van der Waals surface area contributed by atoms with E-state index < -0.39 is 0 Å². The van der Waals surface area contributed by atoms with E-state index in [0.717, 1.165) is 22.4 Å². The van der Waals surface area contributed by atoms with E-state index in [1.807, 2.05) is 12.3 Å². The highest BCUT2D eigenvalue weighted by molar-refractivity contribution is 6.13. The number of aromatic amines is 2. The summed E-state index contributed by atoms with van der Waals surface area (Å²) in [4.78, 5) is 11.0. The van der Waals surface area contributed by atoms with Crippen molar-refractivity contribution in [1.82, 2.24) is 15.0 Å². The van der Waals surface area contributed by atoms with Gasteiger partial charge < -0.3 is 9.97 Å². The molecule has 0 saturated heterocycles. The number of aromatic nitrogens is 3. The molecule has 0 saturated carbocycles. The molecule has 0 atom stereocenters. The van der Waals surface area contributed by atoms with E-state index in [1.165, 1.54) is 10.8 Å². The van der Waals surface area contributed by atoms with Crippen molar-refractivity contribution in [3.05, 3.63) is 54.9 Å². The van der Waals surface area contributed by atoms with Crippen LogP contribution >= 0.6 is 0 Å². The normalized spacial score (nSPS) is 11.3. The summed E-state index contributed by atoms with van der Waals surface area (Å²) in [5.74, 6) is 0.908. The van der Waals surface area contributed by atoms with Crippen molar-refractivity contribution in [1.29, 1.82) is 0 Å². The molecule has 2 aromatic heterocycles. The minimum Gasteiger partial charge on any atom is -0.354 e. The highest BCUT2D eigenvalue weighted by atomic mass is 14.9. The molecule has 4 rings (SSSR count). The Morgan fingerprint density at radius 3 is 2.67 bits per heavy atom. The zero-order valence-corrected chi connectivity index (χ0v) is 9.64. The summed E-state index contributed by atoms with van der Waals surface area (Å²) >= 11 is 0. The fraction of sp³-hybridized carbons (Fsp3) is 0. The second-order valence-corrected chi connectivity index (χ2v) is 4.34. The van der Waals surface area contributed by atoms with Gasteiger partial charge in [-0.3, -0.25) is 0 Å². The molecule has 3 heteroatoms. The number of fused-ring (bicyclic) bond motifs is 3. The molecule has 0 unspecified atom stereocenters. The smallest absolute Gasteiger partial charge is 0.137 e. The van der Waals surface area contributed by atoms with Crippen LogP contribution in [0.2, 0.25) is 0 Å². The number of para-hydroxylation sites is 1. The molecule has 0 amide bonds. The molecule has 2 heterocycles. The van der Waals surface area contributed by atoms with Crippen LogP contribution in [0.1, 0.15) is 0 Å². The topological polar surface area (TPSA) is 44.5 Å². The van der Waals surface area contributed by atoms with Crippen LogP contribution in [0, 0.1) is 0 Å². The first-order chi connectivity index (χ1) is 8.93. The molecule has 0 aliphatic carbocycles. The predicted octanol–water partition coefficient (Wildman–Crippen LogP) is 3.71. The lowest BCUT2D eigenvalue weighted by atomic mass is 10.1. The molecular weight excluding hydrogens is 222 g/mol. The van der Waals surface area contributed by atoms with E-state index in [4.69, 9.17) is 0 Å². The Kier molecular flexibility index (Phi) is 1.83. The second-order valence-electron chi connectivity index (χ2n) is 4.34. The van der Waals surface area contributed by atoms with Gasteiger partial charge in [-0.1, -0.05) is 30.3 Å². The lowest BCUT2D eigenvalue weighted by Crippen LogP contribution is -1.81. The van der Waals surface area contributed by atoms with Gasteiger partial charge in [0.05, 0.1) is 0 Å².